The highest BCUT2D eigenvalue weighted by Crippen LogP contribution is 1.96. The summed E-state index contributed by atoms with van der Waals surface area (Å²) in [6.07, 6.45) is 0. The predicted molar refractivity (Wildman–Crippen MR) is 42.6 cm³/mol. The molecule has 0 aromatic carbocycles. The van der Waals surface area contributed by atoms with Gasteiger partial charge in [-0.15, -0.1) is 0 Å². The van der Waals surface area contributed by atoms with Crippen molar-refractivity contribution in [3.05, 3.63) is 0 Å². The van der Waals surface area contributed by atoms with Crippen LogP contribution in [0.3, 0.4) is 0 Å². The van der Waals surface area contributed by atoms with Crippen molar-refractivity contribution in [1.82, 2.24) is 4.90 Å². The molecule has 2 heteroatoms. The van der Waals surface area contributed by atoms with E-state index in [1.54, 1.807) is 0 Å². The molecule has 0 aliphatic heterocycles. The molecule has 0 rings (SSSR count). The quantitative estimate of drug-likeness (QED) is 0.591. The Balaban J connectivity index is 3.54. The van der Waals surface area contributed by atoms with Gasteiger partial charge in [0.2, 0.25) is 0 Å². The molecule has 0 aliphatic carbocycles. The topological polar surface area (TPSA) is 27.0 Å². The number of hydrogen-bond donors (Lipinski definition) is 0. The molecule has 0 amide bonds. The summed E-state index contributed by atoms with van der Waals surface area (Å²) in [7, 11) is 0. The normalized spacial score (nSPS) is 13.1. The zero-order valence-corrected chi connectivity index (χ0v) is 7.09. The van der Waals surface area contributed by atoms with E-state index in [0.717, 1.165) is 19.6 Å². The Morgan fingerprint density at radius 3 is 2.20 bits per heavy atom. The number of nitrogens with zero attached hydrogens (tertiary/aromatic N) is 2. The van der Waals surface area contributed by atoms with Gasteiger partial charge in [-0.2, -0.15) is 5.26 Å². The van der Waals surface area contributed by atoms with Crippen molar-refractivity contribution in [3.63, 3.8) is 0 Å². The van der Waals surface area contributed by atoms with Gasteiger partial charge in [-0.25, -0.2) is 0 Å². The van der Waals surface area contributed by atoms with E-state index in [-0.39, 0.29) is 5.92 Å². The minimum atomic E-state index is 0.167. The Morgan fingerprint density at radius 2 is 1.90 bits per heavy atom. The van der Waals surface area contributed by atoms with E-state index in [9.17, 15) is 0 Å². The fraction of sp³-hybridized carbons (Fsp3) is 0.875. The lowest BCUT2D eigenvalue weighted by Crippen LogP contribution is -2.27. The van der Waals surface area contributed by atoms with Gasteiger partial charge in [0.1, 0.15) is 0 Å². The van der Waals surface area contributed by atoms with Crippen LogP contribution in [0.4, 0.5) is 0 Å². The van der Waals surface area contributed by atoms with Crippen LogP contribution in [-0.4, -0.2) is 24.5 Å². The second kappa shape index (κ2) is 5.25. The van der Waals surface area contributed by atoms with E-state index in [1.807, 2.05) is 6.92 Å². The van der Waals surface area contributed by atoms with Crippen molar-refractivity contribution >= 4 is 0 Å². The first-order chi connectivity index (χ1) is 4.74. The maximum atomic E-state index is 8.50. The Morgan fingerprint density at radius 1 is 1.40 bits per heavy atom. The van der Waals surface area contributed by atoms with Crippen LogP contribution in [0.25, 0.3) is 0 Å². The van der Waals surface area contributed by atoms with Crippen LogP contribution >= 0.6 is 0 Å². The second-order valence-corrected chi connectivity index (χ2v) is 2.52. The third kappa shape index (κ3) is 3.47. The molecule has 0 saturated carbocycles. The fourth-order valence-corrected chi connectivity index (χ4v) is 0.910. The van der Waals surface area contributed by atoms with E-state index < -0.39 is 0 Å². The summed E-state index contributed by atoms with van der Waals surface area (Å²) in [4.78, 5) is 2.26. The molecule has 2 nitrogen and oxygen atoms in total. The lowest BCUT2D eigenvalue weighted by Gasteiger charge is -2.18. The van der Waals surface area contributed by atoms with Crippen LogP contribution in [-0.2, 0) is 0 Å². The molecule has 0 saturated heterocycles. The maximum absolute atomic E-state index is 8.50. The Kier molecular flexibility index (Phi) is 4.96. The van der Waals surface area contributed by atoms with Crippen molar-refractivity contribution in [2.45, 2.75) is 20.8 Å². The minimum absolute atomic E-state index is 0.167. The van der Waals surface area contributed by atoms with Crippen molar-refractivity contribution in [1.29, 1.82) is 5.26 Å². The van der Waals surface area contributed by atoms with Crippen LogP contribution < -0.4 is 0 Å². The van der Waals surface area contributed by atoms with Crippen LogP contribution in [0, 0.1) is 17.2 Å². The van der Waals surface area contributed by atoms with E-state index in [4.69, 9.17) is 5.26 Å². The zero-order chi connectivity index (χ0) is 7.98. The summed E-state index contributed by atoms with van der Waals surface area (Å²) in [5, 5.41) is 8.50. The molecule has 0 fully saturated rings. The van der Waals surface area contributed by atoms with Gasteiger partial charge in [0, 0.05) is 6.54 Å². The molecule has 1 atom stereocenters. The summed E-state index contributed by atoms with van der Waals surface area (Å²) in [5.74, 6) is 0.167. The summed E-state index contributed by atoms with van der Waals surface area (Å²) in [5.41, 5.74) is 0. The van der Waals surface area contributed by atoms with Gasteiger partial charge < -0.3 is 4.90 Å². The zero-order valence-electron chi connectivity index (χ0n) is 7.09. The van der Waals surface area contributed by atoms with Gasteiger partial charge in [0.25, 0.3) is 0 Å². The molecule has 0 heterocycles. The molecule has 10 heavy (non-hydrogen) atoms. The van der Waals surface area contributed by atoms with Gasteiger partial charge in [0.15, 0.2) is 0 Å². The van der Waals surface area contributed by atoms with Crippen molar-refractivity contribution in [3.8, 4) is 6.07 Å². The van der Waals surface area contributed by atoms with Gasteiger partial charge >= 0.3 is 0 Å². The molecule has 0 bridgehead atoms. The van der Waals surface area contributed by atoms with Gasteiger partial charge in [-0.3, -0.25) is 0 Å². The summed E-state index contributed by atoms with van der Waals surface area (Å²) < 4.78 is 0. The number of hydrogen-bond acceptors (Lipinski definition) is 2. The second-order valence-electron chi connectivity index (χ2n) is 2.52. The Hall–Kier alpha value is -0.550. The molecular weight excluding hydrogens is 124 g/mol. The molecular formula is C8H16N2. The van der Waals surface area contributed by atoms with Crippen molar-refractivity contribution in [2.75, 3.05) is 19.6 Å². The Bertz CT molecular complexity index is 111. The summed E-state index contributed by atoms with van der Waals surface area (Å²) in [6.45, 7) is 9.19. The molecule has 58 valence electrons. The van der Waals surface area contributed by atoms with E-state index in [2.05, 4.69) is 24.8 Å². The smallest absolute Gasteiger partial charge is 0.0666 e. The largest absolute Gasteiger partial charge is 0.303 e. The first kappa shape index (κ1) is 9.45. The summed E-state index contributed by atoms with van der Waals surface area (Å²) in [6, 6.07) is 2.22. The molecule has 0 N–H and O–H groups in total. The lowest BCUT2D eigenvalue weighted by atomic mass is 10.2. The van der Waals surface area contributed by atoms with E-state index in [1.165, 1.54) is 0 Å². The molecule has 0 aromatic heterocycles. The monoisotopic (exact) mass is 140 g/mol. The minimum Gasteiger partial charge on any atom is -0.303 e. The first-order valence-corrected chi connectivity index (χ1v) is 3.86. The SMILES string of the molecule is CCN(CC)C[C@@H](C)C#N. The van der Waals surface area contributed by atoms with Gasteiger partial charge in [0.05, 0.1) is 12.0 Å². The number of rotatable bonds is 4. The lowest BCUT2D eigenvalue weighted by molar-refractivity contribution is 0.282. The van der Waals surface area contributed by atoms with Gasteiger partial charge in [-0.05, 0) is 20.0 Å². The maximum Gasteiger partial charge on any atom is 0.0666 e. The van der Waals surface area contributed by atoms with Crippen molar-refractivity contribution in [2.24, 2.45) is 5.92 Å². The summed E-state index contributed by atoms with van der Waals surface area (Å²) >= 11 is 0. The van der Waals surface area contributed by atoms with Crippen LogP contribution in [0.15, 0.2) is 0 Å². The van der Waals surface area contributed by atoms with Crippen molar-refractivity contribution < 1.29 is 0 Å². The number of nitriles is 1. The molecule has 0 radical (unpaired) electrons. The first-order valence-electron chi connectivity index (χ1n) is 3.86. The highest BCUT2D eigenvalue weighted by atomic mass is 15.1. The Labute approximate surface area is 63.4 Å². The fourth-order valence-electron chi connectivity index (χ4n) is 0.910. The van der Waals surface area contributed by atoms with Crippen LogP contribution in [0.2, 0.25) is 0 Å². The van der Waals surface area contributed by atoms with Gasteiger partial charge in [-0.1, -0.05) is 13.8 Å². The average molecular weight is 140 g/mol. The molecule has 0 unspecified atom stereocenters. The standard InChI is InChI=1S/C8H16N2/c1-4-10(5-2)7-8(3)6-9/h8H,4-5,7H2,1-3H3/t8-/m0/s1. The highest BCUT2D eigenvalue weighted by Gasteiger charge is 2.04. The molecule has 0 aromatic rings. The molecule has 0 spiro atoms. The van der Waals surface area contributed by atoms with Crippen LogP contribution in [0.5, 0.6) is 0 Å². The highest BCUT2D eigenvalue weighted by molar-refractivity contribution is 4.80. The van der Waals surface area contributed by atoms with Crippen LogP contribution in [0.1, 0.15) is 20.8 Å². The predicted octanol–water partition coefficient (Wildman–Crippen LogP) is 1.49. The third-order valence-electron chi connectivity index (χ3n) is 1.65. The van der Waals surface area contributed by atoms with E-state index >= 15 is 0 Å². The third-order valence-corrected chi connectivity index (χ3v) is 1.65. The molecule has 0 aliphatic rings. The van der Waals surface area contributed by atoms with E-state index in [0.29, 0.717) is 0 Å². The average Bonchev–Trinajstić information content (AvgIpc) is 1.99.